The molecule has 0 spiro atoms. The summed E-state index contributed by atoms with van der Waals surface area (Å²) in [6, 6.07) is 6.12. The molecule has 2 saturated heterocycles. The van der Waals surface area contributed by atoms with Crippen molar-refractivity contribution >= 4 is 35.0 Å². The van der Waals surface area contributed by atoms with Gasteiger partial charge in [-0.1, -0.05) is 11.8 Å². The van der Waals surface area contributed by atoms with Crippen LogP contribution < -0.4 is 10.6 Å². The van der Waals surface area contributed by atoms with Gasteiger partial charge in [0, 0.05) is 35.4 Å². The molecular weight excluding hydrogens is 624 g/mol. The molecule has 0 unspecified atom stereocenters. The van der Waals surface area contributed by atoms with Gasteiger partial charge in [0.25, 0.3) is 23.2 Å². The largest absolute Gasteiger partial charge is 0.394 e. The Morgan fingerprint density at radius 1 is 0.667 bits per heavy atom. The molecule has 4 rings (SSSR count). The molecule has 0 radical (unpaired) electrons. The summed E-state index contributed by atoms with van der Waals surface area (Å²) >= 11 is 0.622. The molecule has 2 heterocycles. The summed E-state index contributed by atoms with van der Waals surface area (Å²) in [5, 5.41) is 89.9. The number of hydrogen-bond acceptors (Lipinski definition) is 15. The van der Waals surface area contributed by atoms with Gasteiger partial charge in [0.05, 0.1) is 35.1 Å². The van der Waals surface area contributed by atoms with Crippen molar-refractivity contribution in [3.8, 4) is 0 Å². The zero-order valence-electron chi connectivity index (χ0n) is 23.1. The van der Waals surface area contributed by atoms with Crippen LogP contribution in [-0.4, -0.2) is 125 Å². The molecule has 0 aromatic heterocycles. The fraction of sp³-hybridized carbons (Fsp3) is 0.462. The molecule has 244 valence electrons. The van der Waals surface area contributed by atoms with Gasteiger partial charge in [-0.15, -0.1) is 0 Å². The van der Waals surface area contributed by atoms with E-state index in [0.29, 0.717) is 11.8 Å². The minimum atomic E-state index is -1.70. The van der Waals surface area contributed by atoms with Gasteiger partial charge in [-0.25, -0.2) is 0 Å². The lowest BCUT2D eigenvalue weighted by molar-refractivity contribution is -0.385. The second kappa shape index (κ2) is 14.5. The Balaban J connectivity index is 1.50. The number of nitrogens with one attached hydrogen (secondary N) is 2. The summed E-state index contributed by atoms with van der Waals surface area (Å²) in [7, 11) is 0. The minimum absolute atomic E-state index is 0.0336. The van der Waals surface area contributed by atoms with Crippen LogP contribution in [-0.2, 0) is 9.47 Å². The first-order chi connectivity index (χ1) is 21.4. The molecule has 0 bridgehead atoms. The van der Waals surface area contributed by atoms with E-state index in [1.165, 1.54) is 24.3 Å². The van der Waals surface area contributed by atoms with Gasteiger partial charge in [0.2, 0.25) is 0 Å². The highest BCUT2D eigenvalue weighted by Gasteiger charge is 2.50. The van der Waals surface area contributed by atoms with Crippen molar-refractivity contribution in [1.82, 2.24) is 10.6 Å². The van der Waals surface area contributed by atoms with Crippen molar-refractivity contribution in [2.45, 2.75) is 59.6 Å². The Hall–Kier alpha value is -3.79. The first kappa shape index (κ1) is 34.1. The summed E-state index contributed by atoms with van der Waals surface area (Å²) in [6.45, 7) is -1.51. The lowest BCUT2D eigenvalue weighted by atomic mass is 9.96. The molecule has 2 aliphatic rings. The third-order valence-electron chi connectivity index (χ3n) is 7.31. The maximum absolute atomic E-state index is 12.9. The first-order valence-electron chi connectivity index (χ1n) is 13.4. The number of nitrogens with zero attached hydrogens (tertiary/aromatic N) is 2. The number of carbonyl (C=O) groups excluding carboxylic acids is 2. The van der Waals surface area contributed by atoms with Gasteiger partial charge >= 0.3 is 0 Å². The van der Waals surface area contributed by atoms with E-state index in [1.807, 2.05) is 0 Å². The molecule has 2 amide bonds. The molecule has 0 saturated carbocycles. The van der Waals surface area contributed by atoms with E-state index in [0.717, 1.165) is 24.3 Å². The number of aliphatic hydroxyl groups is 6. The minimum Gasteiger partial charge on any atom is -0.394 e. The van der Waals surface area contributed by atoms with Gasteiger partial charge in [0.1, 0.15) is 47.5 Å². The van der Waals surface area contributed by atoms with Crippen LogP contribution >= 0.6 is 11.8 Å². The molecule has 2 aromatic carbocycles. The molecule has 2 aromatic rings. The molecule has 10 atom stereocenters. The average Bonchev–Trinajstić information content (AvgIpc) is 3.03. The van der Waals surface area contributed by atoms with E-state index < -0.39 is 94.5 Å². The fourth-order valence-electron chi connectivity index (χ4n) is 4.81. The summed E-state index contributed by atoms with van der Waals surface area (Å²) in [4.78, 5) is 46.2. The monoisotopic (exact) mass is 654 g/mol. The Kier molecular flexibility index (Phi) is 11.0. The summed E-state index contributed by atoms with van der Waals surface area (Å²) in [6.07, 6.45) is -9.32. The Labute approximate surface area is 257 Å². The smallest absolute Gasteiger partial charge is 0.269 e. The normalized spacial score (nSPS) is 31.5. The molecule has 45 heavy (non-hydrogen) atoms. The molecule has 18 nitrogen and oxygen atoms in total. The number of amides is 2. The van der Waals surface area contributed by atoms with Gasteiger partial charge < -0.3 is 50.7 Å². The number of ether oxygens (including phenoxy) is 2. The number of thioether (sulfide) groups is 1. The van der Waals surface area contributed by atoms with Crippen LogP contribution in [0.5, 0.6) is 0 Å². The van der Waals surface area contributed by atoms with Crippen LogP contribution in [0.1, 0.15) is 20.7 Å². The maximum atomic E-state index is 12.9. The highest BCUT2D eigenvalue weighted by atomic mass is 32.2. The van der Waals surface area contributed by atoms with Crippen molar-refractivity contribution in [2.24, 2.45) is 0 Å². The van der Waals surface area contributed by atoms with E-state index in [1.54, 1.807) is 0 Å². The molecule has 19 heteroatoms. The van der Waals surface area contributed by atoms with Crippen molar-refractivity contribution in [2.75, 3.05) is 13.2 Å². The number of non-ortho nitro benzene ring substituents is 2. The number of aliphatic hydroxyl groups excluding tert-OH is 6. The van der Waals surface area contributed by atoms with Crippen LogP contribution in [0, 0.1) is 20.2 Å². The number of hydrogen-bond donors (Lipinski definition) is 8. The second-order valence-electron chi connectivity index (χ2n) is 10.2. The van der Waals surface area contributed by atoms with E-state index in [4.69, 9.17) is 9.47 Å². The van der Waals surface area contributed by atoms with Crippen LogP contribution in [0.25, 0.3) is 0 Å². The molecule has 0 aliphatic carbocycles. The van der Waals surface area contributed by atoms with E-state index >= 15 is 0 Å². The van der Waals surface area contributed by atoms with Crippen LogP contribution in [0.3, 0.4) is 0 Å². The van der Waals surface area contributed by atoms with E-state index in [9.17, 15) is 60.5 Å². The van der Waals surface area contributed by atoms with Crippen molar-refractivity contribution < 1.29 is 59.5 Å². The third-order valence-corrected chi connectivity index (χ3v) is 8.63. The lowest BCUT2D eigenvalue weighted by Crippen LogP contribution is -2.66. The summed E-state index contributed by atoms with van der Waals surface area (Å²) in [5.74, 6) is -1.64. The Morgan fingerprint density at radius 3 is 1.29 bits per heavy atom. The Morgan fingerprint density at radius 2 is 1.00 bits per heavy atom. The lowest BCUT2D eigenvalue weighted by Gasteiger charge is -2.46. The average molecular weight is 655 g/mol. The number of benzene rings is 2. The van der Waals surface area contributed by atoms with Crippen molar-refractivity contribution in [1.29, 1.82) is 0 Å². The third kappa shape index (κ3) is 7.54. The number of nitro groups is 2. The zero-order chi connectivity index (χ0) is 33.0. The second-order valence-corrected chi connectivity index (χ2v) is 11.4. The number of nitro benzene ring substituents is 2. The van der Waals surface area contributed by atoms with Crippen LogP contribution in [0.4, 0.5) is 11.4 Å². The molecule has 2 fully saturated rings. The Bertz CT molecular complexity index is 1280. The number of carbonyl (C=O) groups is 2. The van der Waals surface area contributed by atoms with E-state index in [2.05, 4.69) is 10.6 Å². The quantitative estimate of drug-likeness (QED) is 0.102. The molecule has 8 N–H and O–H groups in total. The SMILES string of the molecule is O=C(N[C@H]1[C@@H](O)[C@@H](CO)O[C@@H](S[C@@H]2O[C@H](CO)[C@H](O)[C@H](NC(=O)c3ccc([N+](=O)[O-])cc3)[C@H]2O)[C@@H]1O)c1ccc([N+](=O)[O-])cc1. The summed E-state index contributed by atoms with van der Waals surface area (Å²) < 4.78 is 11.2. The predicted molar refractivity (Wildman–Crippen MR) is 152 cm³/mol. The van der Waals surface area contributed by atoms with Gasteiger partial charge in [0.15, 0.2) is 0 Å². The fourth-order valence-corrected chi connectivity index (χ4v) is 6.15. The first-order valence-corrected chi connectivity index (χ1v) is 14.3. The molecule has 2 aliphatic heterocycles. The topological polar surface area (TPSA) is 284 Å². The summed E-state index contributed by atoms with van der Waals surface area (Å²) in [5.41, 5.74) is -3.40. The number of rotatable bonds is 10. The molecular formula is C26H30N4O14S. The maximum Gasteiger partial charge on any atom is 0.269 e. The highest BCUT2D eigenvalue weighted by Crippen LogP contribution is 2.37. The van der Waals surface area contributed by atoms with Gasteiger partial charge in [-0.05, 0) is 24.3 Å². The standard InChI is InChI=1S/C26H30N4O14S/c31-9-15-19(33)17(27-23(37)11-1-5-13(6-2-11)29(39)40)21(35)25(43-15)45-26-22(36)18(20(34)16(10-32)44-26)28-24(38)12-3-7-14(8-4-12)30(41)42/h1-8,15-22,25-26,31-36H,9-10H2,(H,27,37)(H,28,38)/t15-,16-,17+,18+,19+,20+,21-,22-,25+,26+/m1/s1. The highest BCUT2D eigenvalue weighted by molar-refractivity contribution is 8.00. The van der Waals surface area contributed by atoms with E-state index in [-0.39, 0.29) is 22.5 Å². The van der Waals surface area contributed by atoms with Gasteiger partial charge in [-0.2, -0.15) is 0 Å². The zero-order valence-corrected chi connectivity index (χ0v) is 23.9. The van der Waals surface area contributed by atoms with Crippen molar-refractivity contribution in [3.05, 3.63) is 79.9 Å². The van der Waals surface area contributed by atoms with Crippen LogP contribution in [0.2, 0.25) is 0 Å². The van der Waals surface area contributed by atoms with Gasteiger partial charge in [-0.3, -0.25) is 29.8 Å². The van der Waals surface area contributed by atoms with Crippen molar-refractivity contribution in [3.63, 3.8) is 0 Å². The van der Waals surface area contributed by atoms with Crippen LogP contribution in [0.15, 0.2) is 48.5 Å². The predicted octanol–water partition coefficient (Wildman–Crippen LogP) is -1.99.